The van der Waals surface area contributed by atoms with E-state index in [4.69, 9.17) is 0 Å². The molecule has 0 saturated heterocycles. The van der Waals surface area contributed by atoms with Crippen LogP contribution in [0.4, 0.5) is 0 Å². The van der Waals surface area contributed by atoms with Crippen molar-refractivity contribution >= 4 is 0 Å². The first-order valence-corrected chi connectivity index (χ1v) is 3.77. The van der Waals surface area contributed by atoms with Gasteiger partial charge >= 0.3 is 0 Å². The smallest absolute Gasteiger partial charge is 0.137 e. The zero-order valence-corrected chi connectivity index (χ0v) is 6.89. The van der Waals surface area contributed by atoms with Crippen molar-refractivity contribution in [1.82, 2.24) is 15.2 Å². The maximum Gasteiger partial charge on any atom is 0.137 e. The lowest BCUT2D eigenvalue weighted by Crippen LogP contribution is -1.84. The topological polar surface area (TPSA) is 41.6 Å². The van der Waals surface area contributed by atoms with Crippen LogP contribution in [0.5, 0.6) is 0 Å². The summed E-state index contributed by atoms with van der Waals surface area (Å²) < 4.78 is 0. The van der Waals surface area contributed by atoms with Crippen LogP contribution in [0.25, 0.3) is 0 Å². The molecule has 1 aromatic heterocycles. The highest BCUT2D eigenvalue weighted by molar-refractivity contribution is 4.78. The number of H-pyrrole nitrogens is 1. The Morgan fingerprint density at radius 2 is 2.20 bits per heavy atom. The first-order valence-electron chi connectivity index (χ1n) is 3.77. The number of nitrogens with one attached hydrogen (secondary N) is 1. The van der Waals surface area contributed by atoms with E-state index in [2.05, 4.69) is 22.1 Å². The summed E-state index contributed by atoms with van der Waals surface area (Å²) in [6.07, 6.45) is 3.65. The number of hydrogen-bond donors (Lipinski definition) is 1. The molecule has 58 valence electrons. The molecule has 0 amide bonds. The SMILES string of the molecule is CC.CCCc1ncn[nH]1. The molecule has 1 N–H and O–H groups in total. The van der Waals surface area contributed by atoms with Crippen LogP contribution in [0.15, 0.2) is 6.33 Å². The van der Waals surface area contributed by atoms with Crippen LogP contribution in [0, 0.1) is 0 Å². The van der Waals surface area contributed by atoms with Gasteiger partial charge < -0.3 is 0 Å². The van der Waals surface area contributed by atoms with E-state index in [1.807, 2.05) is 13.8 Å². The van der Waals surface area contributed by atoms with E-state index in [1.54, 1.807) is 0 Å². The van der Waals surface area contributed by atoms with Crippen molar-refractivity contribution in [3.05, 3.63) is 12.2 Å². The van der Waals surface area contributed by atoms with Crippen LogP contribution >= 0.6 is 0 Å². The van der Waals surface area contributed by atoms with Crippen LogP contribution in [-0.2, 0) is 6.42 Å². The van der Waals surface area contributed by atoms with Crippen molar-refractivity contribution in [2.45, 2.75) is 33.6 Å². The quantitative estimate of drug-likeness (QED) is 0.682. The first kappa shape index (κ1) is 9.14. The van der Waals surface area contributed by atoms with Gasteiger partial charge in [0.05, 0.1) is 0 Å². The summed E-state index contributed by atoms with van der Waals surface area (Å²) in [6.45, 7) is 6.11. The molecule has 0 saturated carbocycles. The molecule has 1 aromatic rings. The standard InChI is InChI=1S/C5H9N3.C2H6/c1-2-3-5-6-4-7-8-5;1-2/h4H,2-3H2,1H3,(H,6,7,8);1-2H3. The highest BCUT2D eigenvalue weighted by Crippen LogP contribution is 1.89. The molecule has 0 fully saturated rings. The second-order valence-electron chi connectivity index (χ2n) is 1.68. The van der Waals surface area contributed by atoms with E-state index in [-0.39, 0.29) is 0 Å². The highest BCUT2D eigenvalue weighted by Gasteiger charge is 1.88. The van der Waals surface area contributed by atoms with Crippen molar-refractivity contribution in [3.8, 4) is 0 Å². The highest BCUT2D eigenvalue weighted by atomic mass is 15.2. The summed E-state index contributed by atoms with van der Waals surface area (Å²) in [6, 6.07) is 0. The van der Waals surface area contributed by atoms with Crippen LogP contribution in [-0.4, -0.2) is 15.2 Å². The zero-order chi connectivity index (χ0) is 7.82. The van der Waals surface area contributed by atoms with Gasteiger partial charge in [-0.3, -0.25) is 5.10 Å². The number of aryl methyl sites for hydroxylation is 1. The minimum absolute atomic E-state index is 0.979. The predicted octanol–water partition coefficient (Wildman–Crippen LogP) is 1.78. The van der Waals surface area contributed by atoms with Gasteiger partial charge in [-0.2, -0.15) is 5.10 Å². The Morgan fingerprint density at radius 3 is 2.60 bits per heavy atom. The summed E-state index contributed by atoms with van der Waals surface area (Å²) in [5.41, 5.74) is 0. The van der Waals surface area contributed by atoms with Gasteiger partial charge in [-0.25, -0.2) is 4.98 Å². The molecule has 0 aliphatic heterocycles. The third-order valence-corrected chi connectivity index (χ3v) is 0.952. The fourth-order valence-electron chi connectivity index (χ4n) is 0.588. The molecule has 0 aliphatic rings. The molecule has 1 rings (SSSR count). The van der Waals surface area contributed by atoms with Gasteiger partial charge in [0.1, 0.15) is 12.2 Å². The number of aromatic amines is 1. The Labute approximate surface area is 61.9 Å². The van der Waals surface area contributed by atoms with Crippen molar-refractivity contribution in [2.75, 3.05) is 0 Å². The molecule has 3 heteroatoms. The van der Waals surface area contributed by atoms with Gasteiger partial charge in [0, 0.05) is 6.42 Å². The van der Waals surface area contributed by atoms with Gasteiger partial charge in [-0.1, -0.05) is 20.8 Å². The lowest BCUT2D eigenvalue weighted by atomic mass is 10.3. The van der Waals surface area contributed by atoms with E-state index in [0.717, 1.165) is 18.7 Å². The molecule has 0 radical (unpaired) electrons. The van der Waals surface area contributed by atoms with Gasteiger partial charge in [0.15, 0.2) is 0 Å². The minimum Gasteiger partial charge on any atom is -0.263 e. The van der Waals surface area contributed by atoms with Gasteiger partial charge in [0.25, 0.3) is 0 Å². The molecule has 0 aromatic carbocycles. The van der Waals surface area contributed by atoms with Gasteiger partial charge in [-0.05, 0) is 6.42 Å². The Morgan fingerprint density at radius 1 is 1.50 bits per heavy atom. The summed E-state index contributed by atoms with van der Waals surface area (Å²) in [5, 5.41) is 6.48. The largest absolute Gasteiger partial charge is 0.263 e. The first-order chi connectivity index (χ1) is 4.93. The predicted molar refractivity (Wildman–Crippen MR) is 41.7 cm³/mol. The van der Waals surface area contributed by atoms with Gasteiger partial charge in [-0.15, -0.1) is 0 Å². The van der Waals surface area contributed by atoms with E-state index in [1.165, 1.54) is 6.33 Å². The molecular formula is C7H15N3. The third-order valence-electron chi connectivity index (χ3n) is 0.952. The molecule has 0 aliphatic carbocycles. The molecule has 10 heavy (non-hydrogen) atoms. The fourth-order valence-corrected chi connectivity index (χ4v) is 0.588. The van der Waals surface area contributed by atoms with Crippen molar-refractivity contribution in [1.29, 1.82) is 0 Å². The molecule has 3 nitrogen and oxygen atoms in total. The van der Waals surface area contributed by atoms with Crippen LogP contribution in [0.2, 0.25) is 0 Å². The van der Waals surface area contributed by atoms with Gasteiger partial charge in [0.2, 0.25) is 0 Å². The Kier molecular flexibility index (Phi) is 5.72. The summed E-state index contributed by atoms with van der Waals surface area (Å²) in [4.78, 5) is 3.94. The Balaban J connectivity index is 0.000000371. The number of nitrogens with zero attached hydrogens (tertiary/aromatic N) is 2. The summed E-state index contributed by atoms with van der Waals surface area (Å²) >= 11 is 0. The maximum atomic E-state index is 3.94. The van der Waals surface area contributed by atoms with E-state index in [9.17, 15) is 0 Å². The summed E-state index contributed by atoms with van der Waals surface area (Å²) in [5.74, 6) is 0.979. The van der Waals surface area contributed by atoms with E-state index < -0.39 is 0 Å². The Bertz CT molecular complexity index is 135. The van der Waals surface area contributed by atoms with Crippen molar-refractivity contribution in [3.63, 3.8) is 0 Å². The molecule has 0 bridgehead atoms. The van der Waals surface area contributed by atoms with Crippen LogP contribution in [0.3, 0.4) is 0 Å². The molecule has 0 unspecified atom stereocenters. The molecule has 1 heterocycles. The number of hydrogen-bond acceptors (Lipinski definition) is 2. The van der Waals surface area contributed by atoms with E-state index in [0.29, 0.717) is 0 Å². The normalized spacial score (nSPS) is 8.30. The maximum absolute atomic E-state index is 3.94. The lowest BCUT2D eigenvalue weighted by molar-refractivity contribution is 0.841. The number of rotatable bonds is 2. The monoisotopic (exact) mass is 141 g/mol. The van der Waals surface area contributed by atoms with E-state index >= 15 is 0 Å². The third kappa shape index (κ3) is 3.22. The second kappa shape index (κ2) is 6.26. The number of aromatic nitrogens is 3. The average molecular weight is 141 g/mol. The van der Waals surface area contributed by atoms with Crippen molar-refractivity contribution in [2.24, 2.45) is 0 Å². The fraction of sp³-hybridized carbons (Fsp3) is 0.714. The lowest BCUT2D eigenvalue weighted by Gasteiger charge is -1.84. The summed E-state index contributed by atoms with van der Waals surface area (Å²) in [7, 11) is 0. The minimum atomic E-state index is 0.979. The van der Waals surface area contributed by atoms with Crippen LogP contribution in [0.1, 0.15) is 33.0 Å². The van der Waals surface area contributed by atoms with Crippen molar-refractivity contribution < 1.29 is 0 Å². The molecule has 0 spiro atoms. The average Bonchev–Trinajstić information content (AvgIpc) is 2.46. The molecular weight excluding hydrogens is 126 g/mol. The molecule has 0 atom stereocenters. The van der Waals surface area contributed by atoms with Crippen LogP contribution < -0.4 is 0 Å². The zero-order valence-electron chi connectivity index (χ0n) is 6.89. The second-order valence-corrected chi connectivity index (χ2v) is 1.68. The Hall–Kier alpha value is -0.860.